The summed E-state index contributed by atoms with van der Waals surface area (Å²) in [5.74, 6) is -1.38. The molecule has 37 heavy (non-hydrogen) atoms. The molecule has 8 heteroatoms. The summed E-state index contributed by atoms with van der Waals surface area (Å²) in [4.78, 5) is 40.0. The van der Waals surface area contributed by atoms with E-state index in [1.165, 1.54) is 12.0 Å². The number of methoxy groups -OCH3 is 1. The highest BCUT2D eigenvalue weighted by atomic mass is 79.9. The second-order valence-electron chi connectivity index (χ2n) is 8.56. The van der Waals surface area contributed by atoms with E-state index in [0.717, 1.165) is 27.1 Å². The first-order valence-electron chi connectivity index (χ1n) is 11.8. The molecule has 1 amide bonds. The van der Waals surface area contributed by atoms with Gasteiger partial charge in [-0.05, 0) is 93.9 Å². The van der Waals surface area contributed by atoms with E-state index < -0.39 is 11.9 Å². The van der Waals surface area contributed by atoms with Crippen molar-refractivity contribution in [2.75, 3.05) is 18.6 Å². The number of ether oxygens (including phenoxy) is 2. The molecule has 0 unspecified atom stereocenters. The minimum Gasteiger partial charge on any atom is -0.465 e. The van der Waals surface area contributed by atoms with Crippen LogP contribution in [0.3, 0.4) is 0 Å². The average molecular weight is 563 g/mol. The zero-order chi connectivity index (χ0) is 26.9. The molecule has 4 rings (SSSR count). The molecule has 1 aliphatic rings. The van der Waals surface area contributed by atoms with Gasteiger partial charge in [0.25, 0.3) is 5.91 Å². The molecule has 0 radical (unpaired) electrons. The Morgan fingerprint density at radius 1 is 0.946 bits per heavy atom. The highest BCUT2D eigenvalue weighted by Gasteiger charge is 2.38. The summed E-state index contributed by atoms with van der Waals surface area (Å²) >= 11 is 3.47. The quantitative estimate of drug-likeness (QED) is 0.275. The standard InChI is InChI=1S/C29H27BrN2O5/c1-6-37-28(34)20-7-11-24(12-8-20)32-19(4)26(29(35)36-5)25(27(32)33)16-21-15-17(2)31(18(21)3)23-13-9-22(30)10-14-23/h7-16H,6H2,1-5H3/b25-16+. The van der Waals surface area contributed by atoms with E-state index >= 15 is 0 Å². The van der Waals surface area contributed by atoms with Crippen molar-refractivity contribution in [1.29, 1.82) is 0 Å². The van der Waals surface area contributed by atoms with Crippen LogP contribution >= 0.6 is 15.9 Å². The molecule has 0 spiro atoms. The van der Waals surface area contributed by atoms with Crippen LogP contribution in [0, 0.1) is 13.8 Å². The van der Waals surface area contributed by atoms with Gasteiger partial charge in [0.1, 0.15) is 0 Å². The van der Waals surface area contributed by atoms with Crippen LogP contribution in [0.15, 0.2) is 75.9 Å². The van der Waals surface area contributed by atoms with Gasteiger partial charge in [-0.15, -0.1) is 0 Å². The molecule has 1 aromatic heterocycles. The summed E-state index contributed by atoms with van der Waals surface area (Å²) in [6.07, 6.45) is 1.74. The number of aromatic nitrogens is 1. The van der Waals surface area contributed by atoms with Crippen molar-refractivity contribution in [2.45, 2.75) is 27.7 Å². The smallest absolute Gasteiger partial charge is 0.340 e. The highest BCUT2D eigenvalue weighted by molar-refractivity contribution is 9.10. The minimum absolute atomic E-state index is 0.204. The van der Waals surface area contributed by atoms with Crippen LogP contribution in [0.25, 0.3) is 11.8 Å². The third-order valence-electron chi connectivity index (χ3n) is 6.28. The molecular formula is C29H27BrN2O5. The maximum absolute atomic E-state index is 13.7. The Bertz CT molecular complexity index is 1450. The van der Waals surface area contributed by atoms with Crippen LogP contribution in [-0.2, 0) is 19.1 Å². The molecule has 0 N–H and O–H groups in total. The number of hydrogen-bond acceptors (Lipinski definition) is 5. The van der Waals surface area contributed by atoms with Crippen molar-refractivity contribution >= 4 is 45.5 Å². The van der Waals surface area contributed by atoms with Crippen molar-refractivity contribution in [3.63, 3.8) is 0 Å². The predicted octanol–water partition coefficient (Wildman–Crippen LogP) is 5.91. The van der Waals surface area contributed by atoms with Gasteiger partial charge in [0, 0.05) is 32.9 Å². The monoisotopic (exact) mass is 562 g/mol. The third-order valence-corrected chi connectivity index (χ3v) is 6.81. The number of nitrogens with zero attached hydrogens (tertiary/aromatic N) is 2. The van der Waals surface area contributed by atoms with Gasteiger partial charge in [0.2, 0.25) is 0 Å². The molecule has 0 aliphatic carbocycles. The largest absolute Gasteiger partial charge is 0.465 e. The third kappa shape index (κ3) is 4.89. The van der Waals surface area contributed by atoms with Gasteiger partial charge >= 0.3 is 11.9 Å². The van der Waals surface area contributed by atoms with Gasteiger partial charge in [-0.25, -0.2) is 9.59 Å². The number of halogens is 1. The van der Waals surface area contributed by atoms with E-state index in [1.54, 1.807) is 44.2 Å². The van der Waals surface area contributed by atoms with Crippen molar-refractivity contribution in [1.82, 2.24) is 4.57 Å². The van der Waals surface area contributed by atoms with E-state index in [1.807, 2.05) is 44.2 Å². The van der Waals surface area contributed by atoms with Crippen molar-refractivity contribution in [3.05, 3.63) is 98.4 Å². The summed E-state index contributed by atoms with van der Waals surface area (Å²) < 4.78 is 13.2. The first kappa shape index (κ1) is 26.2. The molecule has 0 fully saturated rings. The second-order valence-corrected chi connectivity index (χ2v) is 9.47. The molecule has 2 aromatic carbocycles. The van der Waals surface area contributed by atoms with Crippen molar-refractivity contribution < 1.29 is 23.9 Å². The van der Waals surface area contributed by atoms with Crippen LogP contribution < -0.4 is 4.90 Å². The number of carbonyl (C=O) groups excluding carboxylic acids is 3. The highest BCUT2D eigenvalue weighted by Crippen LogP contribution is 2.36. The van der Waals surface area contributed by atoms with E-state index in [0.29, 0.717) is 16.9 Å². The molecule has 0 saturated carbocycles. The van der Waals surface area contributed by atoms with Crippen LogP contribution in [0.4, 0.5) is 5.69 Å². The summed E-state index contributed by atoms with van der Waals surface area (Å²) in [6.45, 7) is 7.68. The van der Waals surface area contributed by atoms with Gasteiger partial charge in [0.05, 0.1) is 30.4 Å². The molecule has 7 nitrogen and oxygen atoms in total. The van der Waals surface area contributed by atoms with Crippen LogP contribution in [0.2, 0.25) is 0 Å². The van der Waals surface area contributed by atoms with Crippen molar-refractivity contribution in [3.8, 4) is 5.69 Å². The van der Waals surface area contributed by atoms with Crippen LogP contribution in [0.1, 0.15) is 41.2 Å². The van der Waals surface area contributed by atoms with Crippen molar-refractivity contribution in [2.24, 2.45) is 0 Å². The molecule has 190 valence electrons. The number of esters is 2. The fraction of sp³-hybridized carbons (Fsp3) is 0.207. The first-order chi connectivity index (χ1) is 17.7. The Morgan fingerprint density at radius 2 is 1.57 bits per heavy atom. The first-order valence-corrected chi connectivity index (χ1v) is 12.5. The number of benzene rings is 2. The lowest BCUT2D eigenvalue weighted by atomic mass is 10.0. The number of rotatable bonds is 6. The molecule has 0 saturated heterocycles. The topological polar surface area (TPSA) is 77.8 Å². The summed E-state index contributed by atoms with van der Waals surface area (Å²) in [5.41, 5.74) is 5.53. The SMILES string of the molecule is CCOC(=O)c1ccc(N2C(=O)/C(=C/c3cc(C)n(-c4ccc(Br)cc4)c3C)C(C(=O)OC)=C2C)cc1. The van der Waals surface area contributed by atoms with Gasteiger partial charge < -0.3 is 14.0 Å². The maximum Gasteiger partial charge on any atom is 0.340 e. The minimum atomic E-state index is -0.593. The summed E-state index contributed by atoms with van der Waals surface area (Å²) in [5, 5.41) is 0. The fourth-order valence-electron chi connectivity index (χ4n) is 4.53. The zero-order valence-electron chi connectivity index (χ0n) is 21.3. The predicted molar refractivity (Wildman–Crippen MR) is 146 cm³/mol. The van der Waals surface area contributed by atoms with E-state index in [2.05, 4.69) is 20.5 Å². The van der Waals surface area contributed by atoms with Gasteiger partial charge in [-0.3, -0.25) is 9.69 Å². The lowest BCUT2D eigenvalue weighted by molar-refractivity contribution is -0.136. The number of hydrogen-bond donors (Lipinski definition) is 0. The number of amides is 1. The Morgan fingerprint density at radius 3 is 2.16 bits per heavy atom. The van der Waals surface area contributed by atoms with Crippen LogP contribution in [-0.4, -0.2) is 36.1 Å². The molecule has 0 atom stereocenters. The van der Waals surface area contributed by atoms with E-state index in [9.17, 15) is 14.4 Å². The molecular weight excluding hydrogens is 536 g/mol. The molecule has 3 aromatic rings. The van der Waals surface area contributed by atoms with Gasteiger partial charge in [-0.2, -0.15) is 0 Å². The number of aryl methyl sites for hydroxylation is 1. The zero-order valence-corrected chi connectivity index (χ0v) is 22.9. The Balaban J connectivity index is 1.77. The Kier molecular flexibility index (Phi) is 7.50. The number of anilines is 1. The number of allylic oxidation sites excluding steroid dienone is 1. The summed E-state index contributed by atoms with van der Waals surface area (Å²) in [6, 6.07) is 16.5. The lowest BCUT2D eigenvalue weighted by Crippen LogP contribution is -2.24. The summed E-state index contributed by atoms with van der Waals surface area (Å²) in [7, 11) is 1.29. The van der Waals surface area contributed by atoms with E-state index in [-0.39, 0.29) is 23.7 Å². The average Bonchev–Trinajstić information content (AvgIpc) is 3.30. The fourth-order valence-corrected chi connectivity index (χ4v) is 4.79. The normalized spacial score (nSPS) is 14.5. The second kappa shape index (κ2) is 10.6. The molecule has 1 aliphatic heterocycles. The van der Waals surface area contributed by atoms with Gasteiger partial charge in [-0.1, -0.05) is 15.9 Å². The maximum atomic E-state index is 13.7. The molecule has 2 heterocycles. The van der Waals surface area contributed by atoms with Gasteiger partial charge in [0.15, 0.2) is 0 Å². The van der Waals surface area contributed by atoms with Crippen LogP contribution in [0.5, 0.6) is 0 Å². The lowest BCUT2D eigenvalue weighted by Gasteiger charge is -2.18. The molecule has 0 bridgehead atoms. The Labute approximate surface area is 224 Å². The number of carbonyl (C=O) groups is 3. The van der Waals surface area contributed by atoms with E-state index in [4.69, 9.17) is 9.47 Å². The Hall–Kier alpha value is -3.91.